The summed E-state index contributed by atoms with van der Waals surface area (Å²) in [4.78, 5) is 5.07. The minimum Gasteiger partial charge on any atom is -0.383 e. The smallest absolute Gasteiger partial charge is 0.0630 e. The molecule has 0 aromatic heterocycles. The van der Waals surface area contributed by atoms with E-state index in [1.807, 2.05) is 7.11 Å². The number of hydrogen-bond acceptors (Lipinski definition) is 4. The monoisotopic (exact) mass is 271 g/mol. The van der Waals surface area contributed by atoms with Crippen molar-refractivity contribution in [3.63, 3.8) is 0 Å². The average Bonchev–Trinajstić information content (AvgIpc) is 2.48. The molecule has 19 heavy (non-hydrogen) atoms. The molecule has 1 saturated heterocycles. The van der Waals surface area contributed by atoms with Gasteiger partial charge in [-0.2, -0.15) is 0 Å². The summed E-state index contributed by atoms with van der Waals surface area (Å²) in [7, 11) is 4.03. The van der Waals surface area contributed by atoms with Crippen LogP contribution in [0.5, 0.6) is 0 Å². The molecule has 2 atom stereocenters. The van der Waals surface area contributed by atoms with Gasteiger partial charge in [0.2, 0.25) is 0 Å². The maximum absolute atomic E-state index is 5.44. The van der Waals surface area contributed by atoms with Gasteiger partial charge >= 0.3 is 0 Å². The second-order valence-corrected chi connectivity index (χ2v) is 6.36. The first-order valence-electron chi connectivity index (χ1n) is 7.68. The fourth-order valence-corrected chi connectivity index (χ4v) is 2.94. The van der Waals surface area contributed by atoms with Gasteiger partial charge in [-0.15, -0.1) is 0 Å². The standard InChI is InChI=1S/C15H33N3O/c1-13(2)9-16-10-15(12-19-5)18-8-6-7-17(4)11-14(18)3/h13-16H,6-12H2,1-5H3. The highest BCUT2D eigenvalue weighted by Gasteiger charge is 2.26. The molecule has 1 aliphatic rings. The number of nitrogens with zero attached hydrogens (tertiary/aromatic N) is 2. The summed E-state index contributed by atoms with van der Waals surface area (Å²) in [6.07, 6.45) is 1.26. The van der Waals surface area contributed by atoms with Crippen LogP contribution in [0.25, 0.3) is 0 Å². The molecule has 0 aromatic carbocycles. The molecule has 1 rings (SSSR count). The lowest BCUT2D eigenvalue weighted by molar-refractivity contribution is 0.0658. The summed E-state index contributed by atoms with van der Waals surface area (Å²) < 4.78 is 5.44. The maximum atomic E-state index is 5.44. The first-order chi connectivity index (χ1) is 9.04. The summed E-state index contributed by atoms with van der Waals surface area (Å²) in [6.45, 7) is 13.3. The minimum atomic E-state index is 0.491. The molecule has 0 saturated carbocycles. The van der Waals surface area contributed by atoms with Gasteiger partial charge in [-0.3, -0.25) is 4.90 Å². The summed E-state index contributed by atoms with van der Waals surface area (Å²) in [6, 6.07) is 1.10. The van der Waals surface area contributed by atoms with Crippen LogP contribution in [-0.2, 0) is 4.74 Å². The molecule has 1 fully saturated rings. The number of nitrogens with one attached hydrogen (secondary N) is 1. The summed E-state index contributed by atoms with van der Waals surface area (Å²) in [5.74, 6) is 0.705. The van der Waals surface area contributed by atoms with E-state index in [9.17, 15) is 0 Å². The van der Waals surface area contributed by atoms with Crippen molar-refractivity contribution in [1.82, 2.24) is 15.1 Å². The molecule has 1 N–H and O–H groups in total. The number of methoxy groups -OCH3 is 1. The fraction of sp³-hybridized carbons (Fsp3) is 1.00. The van der Waals surface area contributed by atoms with Crippen LogP contribution in [0.2, 0.25) is 0 Å². The first kappa shape index (κ1) is 16.9. The van der Waals surface area contributed by atoms with Crippen molar-refractivity contribution >= 4 is 0 Å². The lowest BCUT2D eigenvalue weighted by atomic mass is 10.1. The predicted molar refractivity (Wildman–Crippen MR) is 81.7 cm³/mol. The Bertz CT molecular complexity index is 235. The van der Waals surface area contributed by atoms with Crippen LogP contribution in [0.3, 0.4) is 0 Å². The summed E-state index contributed by atoms with van der Waals surface area (Å²) >= 11 is 0. The average molecular weight is 271 g/mol. The van der Waals surface area contributed by atoms with Crippen molar-refractivity contribution in [2.24, 2.45) is 5.92 Å². The minimum absolute atomic E-state index is 0.491. The van der Waals surface area contributed by atoms with Crippen molar-refractivity contribution < 1.29 is 4.74 Å². The van der Waals surface area contributed by atoms with Gasteiger partial charge in [-0.05, 0) is 39.4 Å². The molecule has 1 aliphatic heterocycles. The van der Waals surface area contributed by atoms with Crippen molar-refractivity contribution in [2.45, 2.75) is 39.3 Å². The Labute approximate surface area is 119 Å². The van der Waals surface area contributed by atoms with Gasteiger partial charge < -0.3 is 15.0 Å². The van der Waals surface area contributed by atoms with Gasteiger partial charge in [-0.1, -0.05) is 13.8 Å². The van der Waals surface area contributed by atoms with Gasteiger partial charge in [0.25, 0.3) is 0 Å². The highest BCUT2D eigenvalue weighted by Crippen LogP contribution is 2.12. The van der Waals surface area contributed by atoms with E-state index >= 15 is 0 Å². The van der Waals surface area contributed by atoms with Crippen LogP contribution in [0, 0.1) is 5.92 Å². The van der Waals surface area contributed by atoms with Crippen molar-refractivity contribution in [1.29, 1.82) is 0 Å². The van der Waals surface area contributed by atoms with Crippen LogP contribution >= 0.6 is 0 Å². The van der Waals surface area contributed by atoms with E-state index in [1.165, 1.54) is 19.5 Å². The molecule has 4 heteroatoms. The maximum Gasteiger partial charge on any atom is 0.0630 e. The summed E-state index contributed by atoms with van der Waals surface area (Å²) in [5, 5.41) is 3.58. The van der Waals surface area contributed by atoms with Crippen LogP contribution in [0.1, 0.15) is 27.2 Å². The van der Waals surface area contributed by atoms with Crippen molar-refractivity contribution in [2.75, 3.05) is 53.5 Å². The number of hydrogen-bond donors (Lipinski definition) is 1. The second kappa shape index (κ2) is 8.90. The van der Waals surface area contributed by atoms with Crippen LogP contribution in [-0.4, -0.2) is 75.4 Å². The van der Waals surface area contributed by atoms with Crippen LogP contribution in [0.4, 0.5) is 0 Å². The third-order valence-corrected chi connectivity index (χ3v) is 3.86. The Morgan fingerprint density at radius 2 is 2.00 bits per heavy atom. The zero-order chi connectivity index (χ0) is 14.3. The largest absolute Gasteiger partial charge is 0.383 e. The van der Waals surface area contributed by atoms with E-state index in [4.69, 9.17) is 4.74 Å². The van der Waals surface area contributed by atoms with Crippen LogP contribution < -0.4 is 5.32 Å². The number of ether oxygens (including phenoxy) is 1. The highest BCUT2D eigenvalue weighted by atomic mass is 16.5. The van der Waals surface area contributed by atoms with E-state index in [0.29, 0.717) is 18.0 Å². The molecule has 0 amide bonds. The van der Waals surface area contributed by atoms with E-state index in [-0.39, 0.29) is 0 Å². The first-order valence-corrected chi connectivity index (χ1v) is 7.68. The summed E-state index contributed by atoms with van der Waals surface area (Å²) in [5.41, 5.74) is 0. The number of likely N-dealkylation sites (N-methyl/N-ethyl adjacent to an activating group) is 1. The third-order valence-electron chi connectivity index (χ3n) is 3.86. The van der Waals surface area contributed by atoms with E-state index in [0.717, 1.165) is 26.2 Å². The molecule has 114 valence electrons. The normalized spacial score (nSPS) is 24.6. The Kier molecular flexibility index (Phi) is 7.91. The molecule has 0 aromatic rings. The Morgan fingerprint density at radius 3 is 2.63 bits per heavy atom. The Balaban J connectivity index is 2.52. The second-order valence-electron chi connectivity index (χ2n) is 6.36. The molecule has 4 nitrogen and oxygen atoms in total. The molecule has 0 radical (unpaired) electrons. The Morgan fingerprint density at radius 1 is 1.26 bits per heavy atom. The molecule has 2 unspecified atom stereocenters. The van der Waals surface area contributed by atoms with E-state index in [2.05, 4.69) is 42.9 Å². The fourth-order valence-electron chi connectivity index (χ4n) is 2.94. The Hall–Kier alpha value is -0.160. The van der Waals surface area contributed by atoms with Gasteiger partial charge in [0.15, 0.2) is 0 Å². The van der Waals surface area contributed by atoms with Gasteiger partial charge in [0.1, 0.15) is 0 Å². The highest BCUT2D eigenvalue weighted by molar-refractivity contribution is 4.83. The lowest BCUT2D eigenvalue weighted by Gasteiger charge is -2.35. The molecular weight excluding hydrogens is 238 g/mol. The van der Waals surface area contributed by atoms with Crippen molar-refractivity contribution in [3.8, 4) is 0 Å². The zero-order valence-electron chi connectivity index (χ0n) is 13.5. The van der Waals surface area contributed by atoms with E-state index < -0.39 is 0 Å². The van der Waals surface area contributed by atoms with Gasteiger partial charge in [0, 0.05) is 38.8 Å². The third kappa shape index (κ3) is 6.21. The predicted octanol–water partition coefficient (Wildman–Crippen LogP) is 1.27. The SMILES string of the molecule is COCC(CNCC(C)C)N1CCCN(C)CC1C. The molecule has 0 bridgehead atoms. The topological polar surface area (TPSA) is 27.7 Å². The quantitative estimate of drug-likeness (QED) is 0.755. The van der Waals surface area contributed by atoms with Gasteiger partial charge in [-0.25, -0.2) is 0 Å². The lowest BCUT2D eigenvalue weighted by Crippen LogP contribution is -2.51. The molecule has 1 heterocycles. The van der Waals surface area contributed by atoms with Gasteiger partial charge in [0.05, 0.1) is 6.61 Å². The molecule has 0 spiro atoms. The molecule has 0 aliphatic carbocycles. The van der Waals surface area contributed by atoms with Crippen LogP contribution in [0.15, 0.2) is 0 Å². The van der Waals surface area contributed by atoms with E-state index in [1.54, 1.807) is 0 Å². The number of rotatable bonds is 7. The van der Waals surface area contributed by atoms with Crippen molar-refractivity contribution in [3.05, 3.63) is 0 Å². The zero-order valence-corrected chi connectivity index (χ0v) is 13.5. The molecular formula is C15H33N3O.